The van der Waals surface area contributed by atoms with Gasteiger partial charge in [-0.25, -0.2) is 4.98 Å². The van der Waals surface area contributed by atoms with Crippen LogP contribution in [0, 0.1) is 11.3 Å². The third-order valence-corrected chi connectivity index (χ3v) is 2.73. The van der Waals surface area contributed by atoms with Crippen molar-refractivity contribution in [1.82, 2.24) is 4.98 Å². The first-order valence-corrected chi connectivity index (χ1v) is 6.65. The average molecular weight is 267 g/mol. The first-order chi connectivity index (χ1) is 9.81. The van der Waals surface area contributed by atoms with Crippen molar-refractivity contribution in [1.29, 1.82) is 5.26 Å². The van der Waals surface area contributed by atoms with Gasteiger partial charge in [0, 0.05) is 18.8 Å². The molecule has 1 aromatic heterocycles. The molecule has 0 aliphatic rings. The van der Waals surface area contributed by atoms with Gasteiger partial charge in [-0.3, -0.25) is 0 Å². The van der Waals surface area contributed by atoms with E-state index in [2.05, 4.69) is 23.3 Å². The van der Waals surface area contributed by atoms with E-state index in [1.165, 1.54) is 0 Å². The monoisotopic (exact) mass is 267 g/mol. The molecule has 2 aromatic rings. The number of anilines is 1. The van der Waals surface area contributed by atoms with Gasteiger partial charge in [0.05, 0.1) is 12.5 Å². The van der Waals surface area contributed by atoms with E-state index in [1.54, 1.807) is 6.20 Å². The molecular weight excluding hydrogens is 250 g/mol. The molecule has 0 radical (unpaired) electrons. The van der Waals surface area contributed by atoms with Gasteiger partial charge >= 0.3 is 0 Å². The molecule has 102 valence electrons. The highest BCUT2D eigenvalue weighted by Gasteiger charge is 2.00. The third-order valence-electron chi connectivity index (χ3n) is 2.73. The average Bonchev–Trinajstić information content (AvgIpc) is 2.48. The van der Waals surface area contributed by atoms with Gasteiger partial charge in [-0.05, 0) is 30.2 Å². The lowest BCUT2D eigenvalue weighted by atomic mass is 10.2. The van der Waals surface area contributed by atoms with E-state index >= 15 is 0 Å². The van der Waals surface area contributed by atoms with Crippen LogP contribution in [0.5, 0.6) is 11.5 Å². The van der Waals surface area contributed by atoms with Crippen molar-refractivity contribution in [3.8, 4) is 17.6 Å². The van der Waals surface area contributed by atoms with Crippen LogP contribution in [0.4, 0.5) is 5.82 Å². The Balaban J connectivity index is 2.03. The van der Waals surface area contributed by atoms with Crippen molar-refractivity contribution < 1.29 is 4.74 Å². The zero-order valence-corrected chi connectivity index (χ0v) is 11.5. The first-order valence-electron chi connectivity index (χ1n) is 6.65. The summed E-state index contributed by atoms with van der Waals surface area (Å²) in [7, 11) is 0. The third kappa shape index (κ3) is 3.99. The van der Waals surface area contributed by atoms with E-state index in [-0.39, 0.29) is 0 Å². The highest BCUT2D eigenvalue weighted by Crippen LogP contribution is 2.23. The first kappa shape index (κ1) is 13.9. The Morgan fingerprint density at radius 3 is 2.70 bits per heavy atom. The summed E-state index contributed by atoms with van der Waals surface area (Å²) in [5, 5.41) is 11.8. The molecule has 0 saturated carbocycles. The molecule has 1 heterocycles. The number of pyridine rings is 1. The number of hydrogen-bond acceptors (Lipinski definition) is 4. The summed E-state index contributed by atoms with van der Waals surface area (Å²) in [5.74, 6) is 2.30. The van der Waals surface area contributed by atoms with Crippen LogP contribution in [-0.2, 0) is 6.42 Å². The summed E-state index contributed by atoms with van der Waals surface area (Å²) in [5.41, 5.74) is 0.986. The molecule has 0 unspecified atom stereocenters. The van der Waals surface area contributed by atoms with Crippen molar-refractivity contribution in [3.63, 3.8) is 0 Å². The van der Waals surface area contributed by atoms with E-state index in [4.69, 9.17) is 10.00 Å². The smallest absolute Gasteiger partial charge is 0.132 e. The van der Waals surface area contributed by atoms with Gasteiger partial charge in [0.15, 0.2) is 0 Å². The van der Waals surface area contributed by atoms with Crippen LogP contribution in [-0.4, -0.2) is 11.5 Å². The lowest BCUT2D eigenvalue weighted by Crippen LogP contribution is -2.01. The molecule has 1 N–H and O–H groups in total. The number of nitrogens with zero attached hydrogens (tertiary/aromatic N) is 2. The molecule has 2 rings (SSSR count). The van der Waals surface area contributed by atoms with Crippen molar-refractivity contribution in [2.75, 3.05) is 11.9 Å². The van der Waals surface area contributed by atoms with Gasteiger partial charge in [-0.2, -0.15) is 5.26 Å². The summed E-state index contributed by atoms with van der Waals surface area (Å²) in [4.78, 5) is 4.23. The number of nitrogens with one attached hydrogen (secondary N) is 1. The zero-order chi connectivity index (χ0) is 14.2. The maximum absolute atomic E-state index is 8.63. The fourth-order valence-corrected chi connectivity index (χ4v) is 1.73. The van der Waals surface area contributed by atoms with Crippen LogP contribution in [0.2, 0.25) is 0 Å². The fourth-order valence-electron chi connectivity index (χ4n) is 1.73. The highest BCUT2D eigenvalue weighted by molar-refractivity contribution is 5.42. The number of benzene rings is 1. The molecule has 0 spiro atoms. The normalized spacial score (nSPS) is 9.80. The predicted molar refractivity (Wildman–Crippen MR) is 78.9 cm³/mol. The Hall–Kier alpha value is -2.54. The summed E-state index contributed by atoms with van der Waals surface area (Å²) in [6, 6.07) is 13.3. The molecule has 0 aliphatic heterocycles. The summed E-state index contributed by atoms with van der Waals surface area (Å²) >= 11 is 0. The SMILES string of the molecule is CCCNc1cc(Oc2ccc(CC#N)cc2)ccn1. The number of hydrogen-bond donors (Lipinski definition) is 1. The second kappa shape index (κ2) is 7.15. The predicted octanol–water partition coefficient (Wildman–Crippen LogP) is 3.76. The maximum Gasteiger partial charge on any atom is 0.132 e. The Bertz CT molecular complexity index is 587. The molecule has 1 aromatic carbocycles. The van der Waals surface area contributed by atoms with Crippen LogP contribution in [0.15, 0.2) is 42.6 Å². The topological polar surface area (TPSA) is 57.9 Å². The number of ether oxygens (including phenoxy) is 1. The zero-order valence-electron chi connectivity index (χ0n) is 11.5. The van der Waals surface area contributed by atoms with Crippen molar-refractivity contribution >= 4 is 5.82 Å². The minimum absolute atomic E-state index is 0.417. The molecule has 20 heavy (non-hydrogen) atoms. The van der Waals surface area contributed by atoms with Crippen LogP contribution in [0.3, 0.4) is 0 Å². The van der Waals surface area contributed by atoms with Crippen LogP contribution < -0.4 is 10.1 Å². The Kier molecular flexibility index (Phi) is 4.96. The Morgan fingerprint density at radius 2 is 2.00 bits per heavy atom. The van der Waals surface area contributed by atoms with Crippen LogP contribution in [0.25, 0.3) is 0 Å². The largest absolute Gasteiger partial charge is 0.457 e. The number of nitriles is 1. The Morgan fingerprint density at radius 1 is 1.20 bits per heavy atom. The number of rotatable bonds is 6. The van der Waals surface area contributed by atoms with Gasteiger partial charge in [0.2, 0.25) is 0 Å². The maximum atomic E-state index is 8.63. The van der Waals surface area contributed by atoms with Gasteiger partial charge < -0.3 is 10.1 Å². The Labute approximate surface area is 119 Å². The second-order valence-corrected chi connectivity index (χ2v) is 4.38. The molecule has 0 amide bonds. The summed E-state index contributed by atoms with van der Waals surface area (Å²) in [6.45, 7) is 3.00. The van der Waals surface area contributed by atoms with Gasteiger partial charge in [0.1, 0.15) is 17.3 Å². The van der Waals surface area contributed by atoms with Gasteiger partial charge in [0.25, 0.3) is 0 Å². The minimum Gasteiger partial charge on any atom is -0.457 e. The van der Waals surface area contributed by atoms with Crippen molar-refractivity contribution in [2.24, 2.45) is 0 Å². The lowest BCUT2D eigenvalue weighted by Gasteiger charge is -2.08. The van der Waals surface area contributed by atoms with Crippen LogP contribution >= 0.6 is 0 Å². The second-order valence-electron chi connectivity index (χ2n) is 4.38. The van der Waals surface area contributed by atoms with E-state index in [0.717, 1.165) is 35.8 Å². The van der Waals surface area contributed by atoms with Crippen molar-refractivity contribution in [2.45, 2.75) is 19.8 Å². The van der Waals surface area contributed by atoms with E-state index in [1.807, 2.05) is 36.4 Å². The quantitative estimate of drug-likeness (QED) is 0.865. The molecule has 4 nitrogen and oxygen atoms in total. The van der Waals surface area contributed by atoms with E-state index < -0.39 is 0 Å². The van der Waals surface area contributed by atoms with Crippen LogP contribution in [0.1, 0.15) is 18.9 Å². The fraction of sp³-hybridized carbons (Fsp3) is 0.250. The molecule has 0 aliphatic carbocycles. The minimum atomic E-state index is 0.417. The molecule has 4 heteroatoms. The molecule has 0 fully saturated rings. The number of aromatic nitrogens is 1. The van der Waals surface area contributed by atoms with E-state index in [0.29, 0.717) is 6.42 Å². The van der Waals surface area contributed by atoms with Gasteiger partial charge in [-0.1, -0.05) is 19.1 Å². The molecular formula is C16H17N3O. The van der Waals surface area contributed by atoms with Crippen molar-refractivity contribution in [3.05, 3.63) is 48.2 Å². The molecule has 0 saturated heterocycles. The molecule has 0 atom stereocenters. The summed E-state index contributed by atoms with van der Waals surface area (Å²) in [6.07, 6.45) is 3.19. The standard InChI is InChI=1S/C16H17N3O/c1-2-10-18-16-12-15(8-11-19-16)20-14-5-3-13(4-6-14)7-9-17/h3-6,8,11-12H,2,7,10H2,1H3,(H,18,19). The summed E-state index contributed by atoms with van der Waals surface area (Å²) < 4.78 is 5.77. The molecule has 0 bridgehead atoms. The van der Waals surface area contributed by atoms with E-state index in [9.17, 15) is 0 Å². The lowest BCUT2D eigenvalue weighted by molar-refractivity contribution is 0.482. The highest BCUT2D eigenvalue weighted by atomic mass is 16.5. The van der Waals surface area contributed by atoms with Gasteiger partial charge in [-0.15, -0.1) is 0 Å².